The van der Waals surface area contributed by atoms with Crippen LogP contribution in [-0.4, -0.2) is 9.13 Å². The highest BCUT2D eigenvalue weighted by Gasteiger charge is 2.27. The molecule has 0 N–H and O–H groups in total. The zero-order valence-corrected chi connectivity index (χ0v) is 32.3. The summed E-state index contributed by atoms with van der Waals surface area (Å²) in [6.45, 7) is 0. The molecule has 0 aliphatic heterocycles. The molecule has 0 radical (unpaired) electrons. The van der Waals surface area contributed by atoms with Crippen LogP contribution in [0.15, 0.2) is 82.7 Å². The van der Waals surface area contributed by atoms with E-state index in [1.165, 1.54) is 61.1 Å². The second-order valence-corrected chi connectivity index (χ2v) is 15.3. The maximum atomic E-state index is 2.23. The summed E-state index contributed by atoms with van der Waals surface area (Å²) in [5.41, 5.74) is 5.35. The van der Waals surface area contributed by atoms with Gasteiger partial charge in [-0.2, -0.15) is 0 Å². The first-order valence-electron chi connectivity index (χ1n) is 12.6. The molecule has 0 unspecified atom stereocenters. The van der Waals surface area contributed by atoms with Crippen LogP contribution in [0.2, 0.25) is 0 Å². The van der Waals surface area contributed by atoms with Gasteiger partial charge in [0.1, 0.15) is 0 Å². The molecular formula is C30H26I2N4S6. The van der Waals surface area contributed by atoms with Crippen LogP contribution in [0.3, 0.4) is 0 Å². The van der Waals surface area contributed by atoms with E-state index in [1.807, 2.05) is 68.0 Å². The number of nitrogens with zero attached hydrogens (tertiary/aromatic N) is 4. The summed E-state index contributed by atoms with van der Waals surface area (Å²) in [5.74, 6) is 0. The summed E-state index contributed by atoms with van der Waals surface area (Å²) in [4.78, 5) is 10.9. The number of imidazole rings is 2. The van der Waals surface area contributed by atoms with Crippen molar-refractivity contribution in [3.05, 3.63) is 82.7 Å². The first-order valence-corrected chi connectivity index (χ1v) is 17.8. The smallest absolute Gasteiger partial charge is 0.244 e. The van der Waals surface area contributed by atoms with E-state index >= 15 is 0 Å². The predicted octanol–water partition coefficient (Wildman–Crippen LogP) is 3.05. The second-order valence-electron chi connectivity index (χ2n) is 9.50. The van der Waals surface area contributed by atoms with Gasteiger partial charge in [0, 0.05) is 19.5 Å². The van der Waals surface area contributed by atoms with E-state index in [9.17, 15) is 0 Å². The molecule has 8 rings (SSSR count). The molecule has 0 aromatic carbocycles. The van der Waals surface area contributed by atoms with Gasteiger partial charge in [-0.1, -0.05) is 24.3 Å². The molecule has 0 saturated heterocycles. The fourth-order valence-electron chi connectivity index (χ4n) is 5.19. The molecule has 0 bridgehead atoms. The lowest BCUT2D eigenvalue weighted by molar-refractivity contribution is -0.645. The average Bonchev–Trinajstić information content (AvgIpc) is 3.80. The molecule has 0 saturated carbocycles. The predicted molar refractivity (Wildman–Crippen MR) is 177 cm³/mol. The van der Waals surface area contributed by atoms with Crippen LogP contribution in [0, 0.1) is 0 Å². The highest BCUT2D eigenvalue weighted by molar-refractivity contribution is 7.28. The minimum Gasteiger partial charge on any atom is -1.00 e. The number of fused-ring (bicyclic) bond motifs is 2. The van der Waals surface area contributed by atoms with Crippen LogP contribution in [0.5, 0.6) is 0 Å². The van der Waals surface area contributed by atoms with Crippen LogP contribution in [0.1, 0.15) is 0 Å². The minimum absolute atomic E-state index is 0. The van der Waals surface area contributed by atoms with Crippen molar-refractivity contribution in [1.82, 2.24) is 9.13 Å². The molecule has 0 amide bonds. The van der Waals surface area contributed by atoms with Crippen molar-refractivity contribution in [3.63, 3.8) is 0 Å². The van der Waals surface area contributed by atoms with E-state index in [4.69, 9.17) is 0 Å². The highest BCUT2D eigenvalue weighted by atomic mass is 127. The lowest BCUT2D eigenvalue weighted by Gasteiger charge is -1.92. The number of hydrogen-bond donors (Lipinski definition) is 0. The summed E-state index contributed by atoms with van der Waals surface area (Å²) in [7, 11) is 8.52. The third-order valence-electron chi connectivity index (χ3n) is 6.80. The lowest BCUT2D eigenvalue weighted by Crippen LogP contribution is -3.00. The van der Waals surface area contributed by atoms with Crippen molar-refractivity contribution in [3.8, 4) is 39.0 Å². The normalized spacial score (nSPS) is 11.0. The summed E-state index contributed by atoms with van der Waals surface area (Å²) >= 11 is 11.0. The van der Waals surface area contributed by atoms with Crippen LogP contribution in [0.25, 0.3) is 61.1 Å². The molecule has 8 heterocycles. The summed E-state index contributed by atoms with van der Waals surface area (Å²) in [6, 6.07) is 17.3. The van der Waals surface area contributed by atoms with Crippen molar-refractivity contribution in [1.29, 1.82) is 0 Å². The monoisotopic (exact) mass is 888 g/mol. The molecule has 0 aliphatic rings. The van der Waals surface area contributed by atoms with Crippen molar-refractivity contribution in [2.75, 3.05) is 0 Å². The number of rotatable bonds is 4. The van der Waals surface area contributed by atoms with E-state index < -0.39 is 0 Å². The molecule has 216 valence electrons. The van der Waals surface area contributed by atoms with Crippen LogP contribution in [-0.2, 0) is 28.2 Å². The number of aromatic nitrogens is 4. The molecule has 8 aromatic heterocycles. The quantitative estimate of drug-likeness (QED) is 0.191. The maximum absolute atomic E-state index is 2.23. The summed E-state index contributed by atoms with van der Waals surface area (Å²) in [6.07, 6.45) is 4.32. The third-order valence-corrected chi connectivity index (χ3v) is 13.3. The fourth-order valence-corrected chi connectivity index (χ4v) is 11.4. The van der Waals surface area contributed by atoms with Gasteiger partial charge < -0.3 is 48.0 Å². The van der Waals surface area contributed by atoms with Gasteiger partial charge in [0.05, 0.1) is 47.7 Å². The summed E-state index contributed by atoms with van der Waals surface area (Å²) < 4.78 is 8.94. The van der Waals surface area contributed by atoms with Crippen molar-refractivity contribution >= 4 is 90.1 Å². The molecule has 0 atom stereocenters. The molecular weight excluding hydrogens is 863 g/mol. The van der Waals surface area contributed by atoms with Gasteiger partial charge in [-0.3, -0.25) is 0 Å². The minimum atomic E-state index is 0. The van der Waals surface area contributed by atoms with Crippen molar-refractivity contribution in [2.45, 2.75) is 0 Å². The Labute approximate surface area is 302 Å². The summed E-state index contributed by atoms with van der Waals surface area (Å²) in [5, 5.41) is 8.59. The Balaban J connectivity index is 0.000000160. The Morgan fingerprint density at radius 3 is 1.10 bits per heavy atom. The maximum Gasteiger partial charge on any atom is 0.244 e. The van der Waals surface area contributed by atoms with Crippen molar-refractivity contribution < 1.29 is 57.1 Å². The van der Waals surface area contributed by atoms with Crippen LogP contribution < -0.4 is 57.1 Å². The van der Waals surface area contributed by atoms with E-state index in [0.717, 1.165) is 0 Å². The first-order chi connectivity index (χ1) is 19.5. The molecule has 8 aromatic rings. The Hall–Kier alpha value is -1.40. The Kier molecular flexibility index (Phi) is 10.1. The SMILES string of the molecule is Cn1c[n+](C)c2c(-c3cccs3)sc(-c3cccs3)c21.Cn1c[n+](C)c2c(-c3cccs3)sc(-c3cccs3)c21.[I-].[I-]. The number of halogens is 2. The van der Waals surface area contributed by atoms with Gasteiger partial charge in [0.2, 0.25) is 12.7 Å². The van der Waals surface area contributed by atoms with Crippen molar-refractivity contribution in [2.24, 2.45) is 28.2 Å². The number of aryl methyl sites for hydroxylation is 4. The molecule has 0 aliphatic carbocycles. The Morgan fingerprint density at radius 2 is 0.810 bits per heavy atom. The lowest BCUT2D eigenvalue weighted by atomic mass is 10.3. The second kappa shape index (κ2) is 13.3. The fraction of sp³-hybridized carbons (Fsp3) is 0.133. The standard InChI is InChI=1S/2C15H13N2S3.2HI/c2*1-16-9-17(2)13-12(16)14(10-5-3-7-18-10)20-15(13)11-6-4-8-19-11;;/h2*3-9H,1-2H3;2*1H/q2*+1;;/p-2. The third kappa shape index (κ3) is 5.61. The van der Waals surface area contributed by atoms with E-state index in [2.05, 4.69) is 129 Å². The molecule has 12 heteroatoms. The Bertz CT molecular complexity index is 1750. The van der Waals surface area contributed by atoms with Gasteiger partial charge in [-0.05, 0) is 45.8 Å². The van der Waals surface area contributed by atoms with E-state index in [0.29, 0.717) is 0 Å². The first kappa shape index (κ1) is 32.0. The van der Waals surface area contributed by atoms with E-state index in [-0.39, 0.29) is 48.0 Å². The molecule has 0 spiro atoms. The van der Waals surface area contributed by atoms with Crippen LogP contribution in [0.4, 0.5) is 0 Å². The largest absolute Gasteiger partial charge is 1.00 e. The zero-order valence-electron chi connectivity index (χ0n) is 23.1. The topological polar surface area (TPSA) is 17.6 Å². The van der Waals surface area contributed by atoms with Crippen LogP contribution >= 0.6 is 68.0 Å². The van der Waals surface area contributed by atoms with Gasteiger partial charge in [-0.15, -0.1) is 68.0 Å². The van der Waals surface area contributed by atoms with Gasteiger partial charge in [-0.25, -0.2) is 18.3 Å². The highest BCUT2D eigenvalue weighted by Crippen LogP contribution is 2.46. The Morgan fingerprint density at radius 1 is 0.500 bits per heavy atom. The molecule has 0 fully saturated rings. The molecule has 42 heavy (non-hydrogen) atoms. The number of hydrogen-bond acceptors (Lipinski definition) is 6. The van der Waals surface area contributed by atoms with Gasteiger partial charge in [0.15, 0.2) is 22.1 Å². The zero-order chi connectivity index (χ0) is 27.4. The van der Waals surface area contributed by atoms with Gasteiger partial charge in [0.25, 0.3) is 0 Å². The number of thiophene rings is 6. The average molecular weight is 889 g/mol. The molecule has 4 nitrogen and oxygen atoms in total. The van der Waals surface area contributed by atoms with E-state index in [1.54, 1.807) is 0 Å². The van der Waals surface area contributed by atoms with Gasteiger partial charge >= 0.3 is 0 Å².